The van der Waals surface area contributed by atoms with Crippen LogP contribution in [0.1, 0.15) is 15.9 Å². The van der Waals surface area contributed by atoms with Gasteiger partial charge in [-0.3, -0.25) is 0 Å². The molecule has 0 unspecified atom stereocenters. The molecule has 0 bridgehead atoms. The highest BCUT2D eigenvalue weighted by Gasteiger charge is 2.13. The van der Waals surface area contributed by atoms with Gasteiger partial charge in [-0.05, 0) is 17.7 Å². The molecule has 0 saturated heterocycles. The molecule has 0 atom stereocenters. The summed E-state index contributed by atoms with van der Waals surface area (Å²) in [6.45, 7) is 0. The Bertz CT molecular complexity index is 507. The van der Waals surface area contributed by atoms with Gasteiger partial charge in [0.25, 0.3) is 0 Å². The Balaban J connectivity index is 2.64. The number of benzene rings is 1. The standard InChI is InChI=1S/C10H9ClN2O2/c1-15-10(14)7-3-9-8(12-5-13-9)2-6(7)4-11/h2-3,5H,4H2,1H3,(H,12,13). The maximum absolute atomic E-state index is 11.4. The number of fused-ring (bicyclic) bond motifs is 1. The number of alkyl halides is 1. The number of nitrogens with one attached hydrogen (secondary N) is 1. The number of hydrogen-bond acceptors (Lipinski definition) is 3. The van der Waals surface area contributed by atoms with Crippen LogP contribution in [0.25, 0.3) is 11.0 Å². The summed E-state index contributed by atoms with van der Waals surface area (Å²) in [5.41, 5.74) is 2.79. The molecule has 15 heavy (non-hydrogen) atoms. The predicted molar refractivity (Wildman–Crippen MR) is 57.0 cm³/mol. The smallest absolute Gasteiger partial charge is 0.338 e. The molecule has 0 spiro atoms. The monoisotopic (exact) mass is 224 g/mol. The van der Waals surface area contributed by atoms with E-state index in [0.29, 0.717) is 5.56 Å². The lowest BCUT2D eigenvalue weighted by Crippen LogP contribution is -2.04. The van der Waals surface area contributed by atoms with Gasteiger partial charge in [-0.15, -0.1) is 11.6 Å². The van der Waals surface area contributed by atoms with Crippen LogP contribution in [0.4, 0.5) is 0 Å². The van der Waals surface area contributed by atoms with Gasteiger partial charge in [-0.25, -0.2) is 9.78 Å². The minimum absolute atomic E-state index is 0.263. The molecule has 2 aromatic rings. The fourth-order valence-electron chi connectivity index (χ4n) is 1.44. The number of carbonyl (C=O) groups is 1. The third-order valence-corrected chi connectivity index (χ3v) is 2.48. The van der Waals surface area contributed by atoms with Crippen LogP contribution < -0.4 is 0 Å². The largest absolute Gasteiger partial charge is 0.465 e. The quantitative estimate of drug-likeness (QED) is 0.628. The highest BCUT2D eigenvalue weighted by Crippen LogP contribution is 2.19. The van der Waals surface area contributed by atoms with E-state index in [1.165, 1.54) is 7.11 Å². The first-order valence-corrected chi connectivity index (χ1v) is 4.90. The first kappa shape index (κ1) is 9.98. The van der Waals surface area contributed by atoms with E-state index < -0.39 is 5.97 Å². The van der Waals surface area contributed by atoms with Gasteiger partial charge in [0.2, 0.25) is 0 Å². The molecule has 0 aliphatic heterocycles. The first-order valence-electron chi connectivity index (χ1n) is 4.36. The summed E-state index contributed by atoms with van der Waals surface area (Å²) >= 11 is 5.76. The molecule has 2 rings (SSSR count). The molecule has 0 saturated carbocycles. The number of nitrogens with zero attached hydrogens (tertiary/aromatic N) is 1. The normalized spacial score (nSPS) is 10.5. The average Bonchev–Trinajstić information content (AvgIpc) is 2.73. The minimum atomic E-state index is -0.393. The van der Waals surface area contributed by atoms with Crippen molar-refractivity contribution in [3.63, 3.8) is 0 Å². The molecule has 0 aliphatic rings. The summed E-state index contributed by atoms with van der Waals surface area (Å²) in [6.07, 6.45) is 1.57. The van der Waals surface area contributed by atoms with Crippen LogP contribution in [-0.2, 0) is 10.6 Å². The topological polar surface area (TPSA) is 55.0 Å². The second kappa shape index (κ2) is 3.90. The number of hydrogen-bond donors (Lipinski definition) is 1. The Kier molecular flexibility index (Phi) is 2.60. The van der Waals surface area contributed by atoms with Crippen LogP contribution in [0.2, 0.25) is 0 Å². The van der Waals surface area contributed by atoms with Crippen molar-refractivity contribution in [3.8, 4) is 0 Å². The highest BCUT2D eigenvalue weighted by atomic mass is 35.5. The number of carbonyl (C=O) groups excluding carboxylic acids is 1. The second-order valence-corrected chi connectivity index (χ2v) is 3.32. The molecular formula is C10H9ClN2O2. The van der Waals surface area contributed by atoms with Gasteiger partial charge in [-0.1, -0.05) is 0 Å². The first-order chi connectivity index (χ1) is 7.26. The van der Waals surface area contributed by atoms with Gasteiger partial charge in [0.15, 0.2) is 0 Å². The van der Waals surface area contributed by atoms with Crippen LogP contribution in [-0.4, -0.2) is 23.0 Å². The second-order valence-electron chi connectivity index (χ2n) is 3.05. The van der Waals surface area contributed by atoms with E-state index in [1.54, 1.807) is 12.4 Å². The Morgan fingerprint density at radius 3 is 3.07 bits per heavy atom. The number of aromatic amines is 1. The van der Waals surface area contributed by atoms with Gasteiger partial charge in [0, 0.05) is 5.88 Å². The minimum Gasteiger partial charge on any atom is -0.465 e. The van der Waals surface area contributed by atoms with Crippen molar-refractivity contribution >= 4 is 28.6 Å². The Morgan fingerprint density at radius 1 is 1.60 bits per heavy atom. The van der Waals surface area contributed by atoms with Crippen molar-refractivity contribution in [1.29, 1.82) is 0 Å². The van der Waals surface area contributed by atoms with Crippen LogP contribution in [0.5, 0.6) is 0 Å². The van der Waals surface area contributed by atoms with Gasteiger partial charge in [0.05, 0.1) is 30.0 Å². The Hall–Kier alpha value is -1.55. The van der Waals surface area contributed by atoms with Crippen molar-refractivity contribution in [2.45, 2.75) is 5.88 Å². The van der Waals surface area contributed by atoms with Crippen LogP contribution in [0.3, 0.4) is 0 Å². The van der Waals surface area contributed by atoms with Gasteiger partial charge in [-0.2, -0.15) is 0 Å². The fourth-order valence-corrected chi connectivity index (χ4v) is 1.66. The maximum atomic E-state index is 11.4. The molecule has 78 valence electrons. The van der Waals surface area contributed by atoms with E-state index >= 15 is 0 Å². The van der Waals surface area contributed by atoms with Crippen molar-refractivity contribution in [1.82, 2.24) is 9.97 Å². The van der Waals surface area contributed by atoms with E-state index in [9.17, 15) is 4.79 Å². The summed E-state index contributed by atoms with van der Waals surface area (Å²) in [4.78, 5) is 18.5. The average molecular weight is 225 g/mol. The molecule has 1 aromatic heterocycles. The molecule has 1 aromatic carbocycles. The molecule has 0 fully saturated rings. The number of halogens is 1. The third kappa shape index (κ3) is 1.68. The van der Waals surface area contributed by atoms with Gasteiger partial charge < -0.3 is 9.72 Å². The number of ether oxygens (including phenoxy) is 1. The summed E-state index contributed by atoms with van der Waals surface area (Å²) in [5.74, 6) is -0.130. The van der Waals surface area contributed by atoms with Gasteiger partial charge >= 0.3 is 5.97 Å². The van der Waals surface area contributed by atoms with Gasteiger partial charge in [0.1, 0.15) is 0 Å². The number of aromatic nitrogens is 2. The number of rotatable bonds is 2. The number of H-pyrrole nitrogens is 1. The summed E-state index contributed by atoms with van der Waals surface area (Å²) in [6, 6.07) is 3.48. The predicted octanol–water partition coefficient (Wildman–Crippen LogP) is 2.09. The van der Waals surface area contributed by atoms with Crippen LogP contribution in [0, 0.1) is 0 Å². The van der Waals surface area contributed by atoms with E-state index in [0.717, 1.165) is 16.6 Å². The van der Waals surface area contributed by atoms with Crippen molar-refractivity contribution in [2.24, 2.45) is 0 Å². The molecular weight excluding hydrogens is 216 g/mol. The lowest BCUT2D eigenvalue weighted by Gasteiger charge is -2.04. The SMILES string of the molecule is COC(=O)c1cc2nc[nH]c2cc1CCl. The zero-order valence-corrected chi connectivity index (χ0v) is 8.84. The molecule has 0 amide bonds. The van der Waals surface area contributed by atoms with E-state index in [4.69, 9.17) is 11.6 Å². The van der Waals surface area contributed by atoms with Crippen LogP contribution >= 0.6 is 11.6 Å². The lowest BCUT2D eigenvalue weighted by atomic mass is 10.1. The van der Waals surface area contributed by atoms with Crippen molar-refractivity contribution in [2.75, 3.05) is 7.11 Å². The molecule has 1 N–H and O–H groups in total. The lowest BCUT2D eigenvalue weighted by molar-refractivity contribution is 0.0600. The summed E-state index contributed by atoms with van der Waals surface area (Å²) < 4.78 is 4.67. The number of imidazole rings is 1. The molecule has 4 nitrogen and oxygen atoms in total. The molecule has 1 heterocycles. The zero-order valence-electron chi connectivity index (χ0n) is 8.08. The van der Waals surface area contributed by atoms with E-state index in [-0.39, 0.29) is 5.88 Å². The van der Waals surface area contributed by atoms with Crippen LogP contribution in [0.15, 0.2) is 18.5 Å². The number of esters is 1. The Labute approximate surface area is 91.2 Å². The van der Waals surface area contributed by atoms with E-state index in [1.807, 2.05) is 6.07 Å². The van der Waals surface area contributed by atoms with Crippen molar-refractivity contribution in [3.05, 3.63) is 29.6 Å². The Morgan fingerprint density at radius 2 is 2.40 bits per heavy atom. The summed E-state index contributed by atoms with van der Waals surface area (Å²) in [7, 11) is 1.34. The summed E-state index contributed by atoms with van der Waals surface area (Å²) in [5, 5.41) is 0. The fraction of sp³-hybridized carbons (Fsp3) is 0.200. The highest BCUT2D eigenvalue weighted by molar-refractivity contribution is 6.18. The van der Waals surface area contributed by atoms with Crippen molar-refractivity contribution < 1.29 is 9.53 Å². The third-order valence-electron chi connectivity index (χ3n) is 2.19. The van der Waals surface area contributed by atoms with E-state index in [2.05, 4.69) is 14.7 Å². The molecule has 0 aliphatic carbocycles. The molecule has 5 heteroatoms. The molecule has 0 radical (unpaired) electrons. The maximum Gasteiger partial charge on any atom is 0.338 e. The number of methoxy groups -OCH3 is 1. The zero-order chi connectivity index (χ0) is 10.8.